The number of fused-ring (bicyclic) bond motifs is 1. The zero-order valence-corrected chi connectivity index (χ0v) is 15.8. The van der Waals surface area contributed by atoms with Gasteiger partial charge in [-0.05, 0) is 41.8 Å². The molecule has 0 radical (unpaired) electrons. The van der Waals surface area contributed by atoms with Gasteiger partial charge in [-0.15, -0.1) is 0 Å². The number of anilines is 3. The minimum atomic E-state index is -4.42. The van der Waals surface area contributed by atoms with Crippen LogP contribution in [0.3, 0.4) is 0 Å². The van der Waals surface area contributed by atoms with Crippen molar-refractivity contribution in [1.82, 2.24) is 14.9 Å². The summed E-state index contributed by atoms with van der Waals surface area (Å²) in [5, 5.41) is 3.09. The predicted octanol–water partition coefficient (Wildman–Crippen LogP) is 4.02. The first-order valence-electron chi connectivity index (χ1n) is 9.22. The topological polar surface area (TPSA) is 84.1 Å². The van der Waals surface area contributed by atoms with Crippen LogP contribution in [-0.2, 0) is 19.1 Å². The van der Waals surface area contributed by atoms with Gasteiger partial charge in [0.2, 0.25) is 0 Å². The maximum absolute atomic E-state index is 12.8. The zero-order chi connectivity index (χ0) is 21.3. The second-order valence-electron chi connectivity index (χ2n) is 6.98. The van der Waals surface area contributed by atoms with Crippen molar-refractivity contribution in [2.45, 2.75) is 19.1 Å². The van der Waals surface area contributed by atoms with Crippen LogP contribution in [0.5, 0.6) is 0 Å². The van der Waals surface area contributed by atoms with Crippen molar-refractivity contribution in [2.75, 3.05) is 17.6 Å². The Morgan fingerprint density at radius 1 is 1.13 bits per heavy atom. The number of pyridine rings is 2. The first kappa shape index (κ1) is 19.7. The molecule has 3 heterocycles. The molecule has 0 bridgehead atoms. The van der Waals surface area contributed by atoms with Crippen molar-refractivity contribution in [1.29, 1.82) is 0 Å². The zero-order valence-electron chi connectivity index (χ0n) is 15.8. The quantitative estimate of drug-likeness (QED) is 0.678. The second kappa shape index (κ2) is 7.66. The van der Waals surface area contributed by atoms with Gasteiger partial charge in [-0.2, -0.15) is 13.2 Å². The molecule has 3 aromatic rings. The molecule has 1 aliphatic heterocycles. The molecule has 6 nitrogen and oxygen atoms in total. The molecule has 30 heavy (non-hydrogen) atoms. The van der Waals surface area contributed by atoms with Crippen LogP contribution in [0.15, 0.2) is 55.0 Å². The second-order valence-corrected chi connectivity index (χ2v) is 6.98. The number of aromatic nitrogens is 2. The van der Waals surface area contributed by atoms with Crippen LogP contribution in [0.25, 0.3) is 0 Å². The van der Waals surface area contributed by atoms with E-state index >= 15 is 0 Å². The third kappa shape index (κ3) is 4.05. The van der Waals surface area contributed by atoms with E-state index in [2.05, 4.69) is 15.3 Å². The fourth-order valence-electron chi connectivity index (χ4n) is 3.43. The molecule has 0 spiro atoms. The van der Waals surface area contributed by atoms with Crippen LogP contribution in [0.2, 0.25) is 0 Å². The van der Waals surface area contributed by atoms with E-state index in [-0.39, 0.29) is 5.91 Å². The molecule has 1 aliphatic rings. The molecule has 0 fully saturated rings. The van der Waals surface area contributed by atoms with E-state index in [1.54, 1.807) is 11.0 Å². The van der Waals surface area contributed by atoms with Gasteiger partial charge in [0.05, 0.1) is 16.8 Å². The molecule has 4 rings (SSSR count). The number of carbonyl (C=O) groups excluding carboxylic acids is 1. The van der Waals surface area contributed by atoms with Gasteiger partial charge >= 0.3 is 6.18 Å². The number of rotatable bonds is 3. The summed E-state index contributed by atoms with van der Waals surface area (Å²) in [6, 6.07) is 9.49. The standard InChI is InChI=1S/C21H18F3N5O/c22-21(23,24)15-4-5-19(27-10-15)28-18-3-1-2-13-12-29(7-6-17(13)18)20(30)14-8-16(25)11-26-9-14/h1-5,8-11H,6-7,12,25H2,(H,27,28). The Morgan fingerprint density at radius 2 is 1.97 bits per heavy atom. The lowest BCUT2D eigenvalue weighted by Crippen LogP contribution is -2.36. The van der Waals surface area contributed by atoms with Gasteiger partial charge in [0.25, 0.3) is 5.91 Å². The Kier molecular flexibility index (Phi) is 5.03. The Balaban J connectivity index is 1.52. The number of amides is 1. The van der Waals surface area contributed by atoms with Crippen LogP contribution >= 0.6 is 0 Å². The highest BCUT2D eigenvalue weighted by atomic mass is 19.4. The van der Waals surface area contributed by atoms with Crippen molar-refractivity contribution >= 4 is 23.1 Å². The molecule has 0 atom stereocenters. The number of carbonyl (C=O) groups is 1. The van der Waals surface area contributed by atoms with Gasteiger partial charge in [0.1, 0.15) is 5.82 Å². The Bertz CT molecular complexity index is 1080. The SMILES string of the molecule is Nc1cncc(C(=O)N2CCc3c(cccc3Nc3ccc(C(F)(F)F)cn3)C2)c1. The third-order valence-electron chi connectivity index (χ3n) is 4.91. The molecule has 2 aromatic heterocycles. The summed E-state index contributed by atoms with van der Waals surface area (Å²) < 4.78 is 38.1. The summed E-state index contributed by atoms with van der Waals surface area (Å²) in [5.74, 6) is 0.170. The minimum Gasteiger partial charge on any atom is -0.397 e. The van der Waals surface area contributed by atoms with E-state index in [9.17, 15) is 18.0 Å². The number of nitrogens with zero attached hydrogens (tertiary/aromatic N) is 3. The van der Waals surface area contributed by atoms with E-state index in [1.165, 1.54) is 18.5 Å². The van der Waals surface area contributed by atoms with Crippen LogP contribution < -0.4 is 11.1 Å². The van der Waals surface area contributed by atoms with Crippen LogP contribution in [0.4, 0.5) is 30.4 Å². The number of benzene rings is 1. The summed E-state index contributed by atoms with van der Waals surface area (Å²) >= 11 is 0. The van der Waals surface area contributed by atoms with Crippen molar-refractivity contribution < 1.29 is 18.0 Å². The highest BCUT2D eigenvalue weighted by Gasteiger charge is 2.30. The van der Waals surface area contributed by atoms with E-state index in [4.69, 9.17) is 5.73 Å². The van der Waals surface area contributed by atoms with Gasteiger partial charge < -0.3 is 16.0 Å². The molecule has 154 valence electrons. The molecular weight excluding hydrogens is 395 g/mol. The fraction of sp³-hybridized carbons (Fsp3) is 0.190. The molecule has 1 aromatic carbocycles. The lowest BCUT2D eigenvalue weighted by molar-refractivity contribution is -0.137. The summed E-state index contributed by atoms with van der Waals surface area (Å²) in [6.45, 7) is 0.915. The molecule has 1 amide bonds. The molecule has 3 N–H and O–H groups in total. The first-order chi connectivity index (χ1) is 14.3. The van der Waals surface area contributed by atoms with Crippen molar-refractivity contribution in [3.05, 3.63) is 77.2 Å². The monoisotopic (exact) mass is 413 g/mol. The van der Waals surface area contributed by atoms with Crippen LogP contribution in [0, 0.1) is 0 Å². The highest BCUT2D eigenvalue weighted by Crippen LogP contribution is 2.31. The Labute approximate surface area is 170 Å². The lowest BCUT2D eigenvalue weighted by Gasteiger charge is -2.30. The summed E-state index contributed by atoms with van der Waals surface area (Å²) in [7, 11) is 0. The Morgan fingerprint density at radius 3 is 2.67 bits per heavy atom. The number of hydrogen-bond acceptors (Lipinski definition) is 5. The molecular formula is C21H18F3N5O. The maximum atomic E-state index is 12.8. The van der Waals surface area contributed by atoms with Crippen LogP contribution in [0.1, 0.15) is 27.0 Å². The van der Waals surface area contributed by atoms with Gasteiger partial charge in [-0.25, -0.2) is 4.98 Å². The van der Waals surface area contributed by atoms with Gasteiger partial charge in [0, 0.05) is 37.4 Å². The summed E-state index contributed by atoms with van der Waals surface area (Å²) in [5.41, 5.74) is 8.51. The predicted molar refractivity (Wildman–Crippen MR) is 106 cm³/mol. The van der Waals surface area contributed by atoms with Gasteiger partial charge in [-0.1, -0.05) is 12.1 Å². The largest absolute Gasteiger partial charge is 0.417 e. The number of halogens is 3. The average molecular weight is 413 g/mol. The smallest absolute Gasteiger partial charge is 0.397 e. The van der Waals surface area contributed by atoms with Crippen molar-refractivity contribution in [2.24, 2.45) is 0 Å². The number of nitrogen functional groups attached to an aromatic ring is 1. The van der Waals surface area contributed by atoms with E-state index in [0.29, 0.717) is 36.6 Å². The number of alkyl halides is 3. The first-order valence-corrected chi connectivity index (χ1v) is 9.22. The third-order valence-corrected chi connectivity index (χ3v) is 4.91. The van der Waals surface area contributed by atoms with E-state index in [0.717, 1.165) is 29.1 Å². The number of hydrogen-bond donors (Lipinski definition) is 2. The molecule has 0 saturated heterocycles. The molecule has 0 unspecified atom stereocenters. The summed E-state index contributed by atoms with van der Waals surface area (Å²) in [4.78, 5) is 22.3. The minimum absolute atomic E-state index is 0.150. The fourth-order valence-corrected chi connectivity index (χ4v) is 3.43. The lowest BCUT2D eigenvalue weighted by atomic mass is 9.97. The number of nitrogens with two attached hydrogens (primary N) is 1. The number of nitrogens with one attached hydrogen (secondary N) is 1. The molecule has 0 aliphatic carbocycles. The van der Waals surface area contributed by atoms with Gasteiger partial charge in [-0.3, -0.25) is 9.78 Å². The highest BCUT2D eigenvalue weighted by molar-refractivity contribution is 5.94. The van der Waals surface area contributed by atoms with Crippen molar-refractivity contribution in [3.8, 4) is 0 Å². The Hall–Kier alpha value is -3.62. The van der Waals surface area contributed by atoms with Crippen LogP contribution in [-0.4, -0.2) is 27.3 Å². The van der Waals surface area contributed by atoms with Gasteiger partial charge in [0.15, 0.2) is 0 Å². The summed E-state index contributed by atoms with van der Waals surface area (Å²) in [6.07, 6.45) is -0.0529. The van der Waals surface area contributed by atoms with E-state index < -0.39 is 11.7 Å². The normalized spacial score (nSPS) is 13.6. The molecule has 9 heteroatoms. The van der Waals surface area contributed by atoms with Crippen molar-refractivity contribution in [3.63, 3.8) is 0 Å². The average Bonchev–Trinajstić information content (AvgIpc) is 2.73. The van der Waals surface area contributed by atoms with E-state index in [1.807, 2.05) is 18.2 Å². The maximum Gasteiger partial charge on any atom is 0.417 e. The molecule has 0 saturated carbocycles.